The van der Waals surface area contributed by atoms with Crippen LogP contribution in [0.2, 0.25) is 0 Å². The molecule has 0 radical (unpaired) electrons. The molecule has 22 heavy (non-hydrogen) atoms. The van der Waals surface area contributed by atoms with E-state index in [4.69, 9.17) is 0 Å². The minimum absolute atomic E-state index is 0. The van der Waals surface area contributed by atoms with Crippen molar-refractivity contribution in [1.29, 1.82) is 0 Å². The molecule has 0 nitrogen and oxygen atoms in total. The fourth-order valence-electron chi connectivity index (χ4n) is 1.58. The number of hydrogen-bond donors (Lipinski definition) is 0. The molecule has 2 aromatic carbocycles. The summed E-state index contributed by atoms with van der Waals surface area (Å²) in [5, 5.41) is 2.57. The average molecular weight is 696 g/mol. The van der Waals surface area contributed by atoms with Crippen LogP contribution in [0.5, 0.6) is 0 Å². The predicted octanol–water partition coefficient (Wildman–Crippen LogP) is 5.08. The maximum atomic E-state index is 4.04. The Hall–Kier alpha value is 0.781. The second-order valence-electron chi connectivity index (χ2n) is 5.46. The molecule has 0 unspecified atom stereocenters. The van der Waals surface area contributed by atoms with Gasteiger partial charge in [-0.1, -0.05) is 36.4 Å². The maximum absolute atomic E-state index is 4.04. The van der Waals surface area contributed by atoms with Crippen molar-refractivity contribution in [2.45, 2.75) is 0 Å². The molecule has 0 spiro atoms. The van der Waals surface area contributed by atoms with Gasteiger partial charge in [-0.15, -0.1) is 0 Å². The minimum atomic E-state index is -1.27. The van der Waals surface area contributed by atoms with Gasteiger partial charge >= 0.3 is 44.8 Å². The Kier molecular flexibility index (Phi) is 12.9. The van der Waals surface area contributed by atoms with E-state index in [1.165, 1.54) is 10.6 Å². The van der Waals surface area contributed by atoms with Crippen LogP contribution in [0.1, 0.15) is 0 Å². The van der Waals surface area contributed by atoms with E-state index in [-0.39, 0.29) is 44.8 Å². The van der Waals surface area contributed by atoms with E-state index in [9.17, 15) is 0 Å². The first kappa shape index (κ1) is 25.0. The normalized spacial score (nSPS) is 10.5. The molecule has 0 aliphatic rings. The van der Waals surface area contributed by atoms with Gasteiger partial charge in [-0.2, -0.15) is 0 Å². The van der Waals surface area contributed by atoms with Crippen molar-refractivity contribution < 1.29 is 44.8 Å². The molecule has 128 valence electrons. The first-order valence-corrected chi connectivity index (χ1v) is 11.6. The summed E-state index contributed by atoms with van der Waals surface area (Å²) < 4.78 is 0. The Balaban J connectivity index is 0. The van der Waals surface area contributed by atoms with E-state index >= 15 is 0 Å². The third-order valence-corrected chi connectivity index (χ3v) is 5.85. The molecule has 4 heteroatoms. The molecule has 0 bridgehead atoms. The Labute approximate surface area is 169 Å². The molecular formula is C18H24Au2P2. The third-order valence-electron chi connectivity index (χ3n) is 2.76. The van der Waals surface area contributed by atoms with Gasteiger partial charge < -0.3 is 0 Å². The standard InChI is InChI=1S/2C9H12P.2Au/c2*1-10(2,3)9-7-5-4-6-8-9;;/h2*4-8H,1-2H2,3H3;;/q2*-1;2*+1. The average Bonchev–Trinajstić information content (AvgIpc) is 2.40. The number of rotatable bonds is 2. The summed E-state index contributed by atoms with van der Waals surface area (Å²) in [4.78, 5) is 0. The van der Waals surface area contributed by atoms with Gasteiger partial charge in [0.1, 0.15) is 0 Å². The molecule has 2 aromatic rings. The minimum Gasteiger partial charge on any atom is -0.231 e. The third kappa shape index (κ3) is 9.82. The zero-order chi connectivity index (χ0) is 15.2. The molecule has 0 saturated heterocycles. The van der Waals surface area contributed by atoms with Crippen molar-refractivity contribution in [3.05, 3.63) is 87.3 Å². The second kappa shape index (κ2) is 11.4. The zero-order valence-electron chi connectivity index (χ0n) is 13.1. The van der Waals surface area contributed by atoms with Crippen LogP contribution < -0.4 is 10.6 Å². The number of benzene rings is 2. The van der Waals surface area contributed by atoms with Crippen LogP contribution >= 0.6 is 14.5 Å². The van der Waals surface area contributed by atoms with Gasteiger partial charge in [0.25, 0.3) is 0 Å². The van der Waals surface area contributed by atoms with E-state index in [0.717, 1.165) is 0 Å². The maximum Gasteiger partial charge on any atom is 1.00 e. The predicted molar refractivity (Wildman–Crippen MR) is 99.3 cm³/mol. The van der Waals surface area contributed by atoms with Crippen molar-refractivity contribution in [1.82, 2.24) is 0 Å². The van der Waals surface area contributed by atoms with Crippen molar-refractivity contribution in [2.24, 2.45) is 0 Å². The molecule has 0 fully saturated rings. The van der Waals surface area contributed by atoms with Crippen LogP contribution in [0.3, 0.4) is 0 Å². The van der Waals surface area contributed by atoms with Crippen molar-refractivity contribution in [3.63, 3.8) is 0 Å². The molecule has 0 aromatic heterocycles. The van der Waals surface area contributed by atoms with Gasteiger partial charge in [0.2, 0.25) is 0 Å². The molecule has 0 aliphatic heterocycles. The number of hydrogen-bond acceptors (Lipinski definition) is 0. The van der Waals surface area contributed by atoms with Crippen LogP contribution in [0.25, 0.3) is 0 Å². The second-order valence-corrected chi connectivity index (χ2v) is 12.1. The van der Waals surface area contributed by atoms with Crippen LogP contribution in [-0.4, -0.2) is 13.3 Å². The van der Waals surface area contributed by atoms with Gasteiger partial charge in [-0.05, 0) is 24.3 Å². The Morgan fingerprint density at radius 1 is 0.545 bits per heavy atom. The van der Waals surface area contributed by atoms with Crippen LogP contribution in [0, 0.1) is 26.7 Å². The van der Waals surface area contributed by atoms with Crippen molar-refractivity contribution >= 4 is 25.1 Å². The molecule has 0 N–H and O–H groups in total. The quantitative estimate of drug-likeness (QED) is 0.234. The molecule has 0 saturated carbocycles. The SMILES string of the molecule is [Au+].[Au+].[CH2-][P+]([CH2-])(C)c1ccccc1.[CH2-][P+]([CH2-])(C)c1ccccc1. The Morgan fingerprint density at radius 3 is 0.909 bits per heavy atom. The van der Waals surface area contributed by atoms with Crippen LogP contribution in [0.15, 0.2) is 60.7 Å². The molecule has 0 atom stereocenters. The summed E-state index contributed by atoms with van der Waals surface area (Å²) in [6, 6.07) is 20.5. The summed E-state index contributed by atoms with van der Waals surface area (Å²) in [6.07, 6.45) is 0. The molecule has 2 rings (SSSR count). The Morgan fingerprint density at radius 2 is 0.773 bits per heavy atom. The van der Waals surface area contributed by atoms with Crippen molar-refractivity contribution in [3.8, 4) is 0 Å². The monoisotopic (exact) mass is 696 g/mol. The van der Waals surface area contributed by atoms with Crippen molar-refractivity contribution in [2.75, 3.05) is 13.3 Å². The largest absolute Gasteiger partial charge is 1.00 e. The van der Waals surface area contributed by atoms with Crippen LogP contribution in [-0.2, 0) is 44.8 Å². The molecule has 0 heterocycles. The topological polar surface area (TPSA) is 0 Å². The zero-order valence-corrected chi connectivity index (χ0v) is 19.2. The van der Waals surface area contributed by atoms with Gasteiger partial charge in [0.15, 0.2) is 0 Å². The molecular weight excluding hydrogens is 672 g/mol. The molecule has 0 aliphatic carbocycles. The summed E-state index contributed by atoms with van der Waals surface area (Å²) >= 11 is 0. The first-order valence-electron chi connectivity index (χ1n) is 6.43. The summed E-state index contributed by atoms with van der Waals surface area (Å²) in [6.45, 7) is 20.4. The first-order chi connectivity index (χ1) is 9.21. The smallest absolute Gasteiger partial charge is 0.231 e. The summed E-state index contributed by atoms with van der Waals surface area (Å²) in [7, 11) is -2.54. The van der Waals surface area contributed by atoms with Gasteiger partial charge in [0.05, 0.1) is 0 Å². The Bertz CT molecular complexity index is 451. The van der Waals surface area contributed by atoms with Gasteiger partial charge in [-0.25, -0.2) is 41.2 Å². The van der Waals surface area contributed by atoms with E-state index in [2.05, 4.69) is 64.3 Å². The fraction of sp³-hybridized carbons (Fsp3) is 0.111. The molecule has 0 amide bonds. The van der Waals surface area contributed by atoms with E-state index < -0.39 is 14.5 Å². The summed E-state index contributed by atoms with van der Waals surface area (Å²) in [5.41, 5.74) is 0. The van der Waals surface area contributed by atoms with E-state index in [1.807, 2.05) is 36.4 Å². The summed E-state index contributed by atoms with van der Waals surface area (Å²) in [5.74, 6) is 0. The van der Waals surface area contributed by atoms with Gasteiger partial charge in [-0.3, -0.25) is 0 Å². The fourth-order valence-corrected chi connectivity index (χ4v) is 3.36. The van der Waals surface area contributed by atoms with Gasteiger partial charge in [0, 0.05) is 23.9 Å². The van der Waals surface area contributed by atoms with E-state index in [1.54, 1.807) is 0 Å². The van der Waals surface area contributed by atoms with Crippen LogP contribution in [0.4, 0.5) is 0 Å². The van der Waals surface area contributed by atoms with E-state index in [0.29, 0.717) is 0 Å².